The molecule has 112 valence electrons. The first-order valence-electron chi connectivity index (χ1n) is 8.01. The minimum absolute atomic E-state index is 0.423. The molecule has 3 heteroatoms. The Bertz CT molecular complexity index is 276. The van der Waals surface area contributed by atoms with E-state index in [-0.39, 0.29) is 0 Å². The molecule has 0 aromatic rings. The van der Waals surface area contributed by atoms with E-state index in [4.69, 9.17) is 4.74 Å². The Morgan fingerprint density at radius 3 is 2.68 bits per heavy atom. The molecule has 2 aliphatic rings. The van der Waals surface area contributed by atoms with Crippen LogP contribution in [0.4, 0.5) is 0 Å². The number of piperidine rings is 1. The smallest absolute Gasteiger partial charge is 0.0589 e. The zero-order chi connectivity index (χ0) is 13.9. The molecule has 1 saturated carbocycles. The molecule has 0 radical (unpaired) electrons. The molecule has 2 atom stereocenters. The van der Waals surface area contributed by atoms with Crippen molar-refractivity contribution in [1.29, 1.82) is 0 Å². The lowest BCUT2D eigenvalue weighted by Gasteiger charge is -2.43. The third kappa shape index (κ3) is 4.17. The molecule has 19 heavy (non-hydrogen) atoms. The quantitative estimate of drug-likeness (QED) is 0.768. The highest BCUT2D eigenvalue weighted by Gasteiger charge is 2.37. The topological polar surface area (TPSA) is 24.5 Å². The molecule has 0 spiro atoms. The summed E-state index contributed by atoms with van der Waals surface area (Å²) in [5.41, 5.74) is 0.423. The largest absolute Gasteiger partial charge is 0.383 e. The zero-order valence-electron chi connectivity index (χ0n) is 13.2. The summed E-state index contributed by atoms with van der Waals surface area (Å²) in [7, 11) is 1.81. The van der Waals surface area contributed by atoms with Gasteiger partial charge in [0.1, 0.15) is 0 Å². The molecule has 1 aliphatic carbocycles. The van der Waals surface area contributed by atoms with Crippen LogP contribution < -0.4 is 5.32 Å². The van der Waals surface area contributed by atoms with E-state index in [1.165, 1.54) is 38.8 Å². The summed E-state index contributed by atoms with van der Waals surface area (Å²) in [6.07, 6.45) is 5.51. The lowest BCUT2D eigenvalue weighted by Crippen LogP contribution is -2.55. The summed E-state index contributed by atoms with van der Waals surface area (Å²) >= 11 is 0. The predicted octanol–water partition coefficient (Wildman–Crippen LogP) is 2.51. The van der Waals surface area contributed by atoms with Crippen LogP contribution in [-0.2, 0) is 4.74 Å². The van der Waals surface area contributed by atoms with Crippen molar-refractivity contribution in [3.05, 3.63) is 0 Å². The Hall–Kier alpha value is -0.120. The molecule has 0 aromatic carbocycles. The van der Waals surface area contributed by atoms with Crippen LogP contribution in [0.1, 0.15) is 46.5 Å². The Morgan fingerprint density at radius 1 is 1.37 bits per heavy atom. The second kappa shape index (κ2) is 6.55. The number of rotatable bonds is 7. The fourth-order valence-electron chi connectivity index (χ4n) is 3.36. The molecule has 0 aromatic heterocycles. The van der Waals surface area contributed by atoms with Gasteiger partial charge in [-0.05, 0) is 50.5 Å². The molecular formula is C16H32N2O. The van der Waals surface area contributed by atoms with Crippen LogP contribution in [0.3, 0.4) is 0 Å². The average molecular weight is 268 g/mol. The average Bonchev–Trinajstić information content (AvgIpc) is 3.19. The summed E-state index contributed by atoms with van der Waals surface area (Å²) in [6.45, 7) is 11.5. The van der Waals surface area contributed by atoms with Crippen LogP contribution in [0.25, 0.3) is 0 Å². The molecule has 2 fully saturated rings. The molecule has 3 nitrogen and oxygen atoms in total. The van der Waals surface area contributed by atoms with Crippen molar-refractivity contribution < 1.29 is 4.74 Å². The number of nitrogens with one attached hydrogen (secondary N) is 1. The van der Waals surface area contributed by atoms with Crippen LogP contribution in [0.5, 0.6) is 0 Å². The summed E-state index contributed by atoms with van der Waals surface area (Å²) in [4.78, 5) is 2.66. The normalized spacial score (nSPS) is 28.6. The first kappa shape index (κ1) is 15.3. The number of hydrogen-bond donors (Lipinski definition) is 1. The molecule has 2 unspecified atom stereocenters. The maximum atomic E-state index is 5.30. The standard InChI is InChI=1S/C16H32N2O/c1-13(14-6-7-14)18(10-11-19-4)12-15-16(2,3)8-5-9-17-15/h13-15,17H,5-12H2,1-4H3. The van der Waals surface area contributed by atoms with Crippen molar-refractivity contribution >= 4 is 0 Å². The van der Waals surface area contributed by atoms with E-state index in [1.54, 1.807) is 0 Å². The number of nitrogens with zero attached hydrogens (tertiary/aromatic N) is 1. The molecule has 1 N–H and O–H groups in total. The Kier molecular flexibility index (Phi) is 5.27. The highest BCUT2D eigenvalue weighted by Crippen LogP contribution is 2.36. The third-order valence-electron chi connectivity index (χ3n) is 5.21. The van der Waals surface area contributed by atoms with E-state index in [2.05, 4.69) is 31.0 Å². The highest BCUT2D eigenvalue weighted by molar-refractivity contribution is 4.93. The van der Waals surface area contributed by atoms with Gasteiger partial charge >= 0.3 is 0 Å². The van der Waals surface area contributed by atoms with Crippen LogP contribution in [0.2, 0.25) is 0 Å². The Labute approximate surface area is 119 Å². The van der Waals surface area contributed by atoms with Gasteiger partial charge in [0, 0.05) is 32.3 Å². The van der Waals surface area contributed by atoms with E-state index < -0.39 is 0 Å². The maximum Gasteiger partial charge on any atom is 0.0589 e. The Morgan fingerprint density at radius 2 is 2.11 bits per heavy atom. The first-order chi connectivity index (χ1) is 9.04. The van der Waals surface area contributed by atoms with Crippen LogP contribution in [0.15, 0.2) is 0 Å². The van der Waals surface area contributed by atoms with Crippen LogP contribution in [-0.4, -0.2) is 50.3 Å². The SMILES string of the molecule is COCCN(CC1NCCCC1(C)C)C(C)C1CC1. The summed E-state index contributed by atoms with van der Waals surface area (Å²) in [5, 5.41) is 3.75. The van der Waals surface area contributed by atoms with Gasteiger partial charge in [0.2, 0.25) is 0 Å². The summed E-state index contributed by atoms with van der Waals surface area (Å²) in [6, 6.07) is 1.34. The third-order valence-corrected chi connectivity index (χ3v) is 5.21. The van der Waals surface area contributed by atoms with Gasteiger partial charge in [-0.25, -0.2) is 0 Å². The van der Waals surface area contributed by atoms with Crippen molar-refractivity contribution in [3.8, 4) is 0 Å². The van der Waals surface area contributed by atoms with Crippen molar-refractivity contribution in [3.63, 3.8) is 0 Å². The monoisotopic (exact) mass is 268 g/mol. The predicted molar refractivity (Wildman–Crippen MR) is 80.4 cm³/mol. The molecule has 1 saturated heterocycles. The second-order valence-corrected chi connectivity index (χ2v) is 7.16. The van der Waals surface area contributed by atoms with Gasteiger partial charge in [-0.3, -0.25) is 4.90 Å². The minimum atomic E-state index is 0.423. The first-order valence-corrected chi connectivity index (χ1v) is 8.01. The van der Waals surface area contributed by atoms with Crippen LogP contribution in [0, 0.1) is 11.3 Å². The molecule has 1 heterocycles. The zero-order valence-corrected chi connectivity index (χ0v) is 13.2. The van der Waals surface area contributed by atoms with Crippen molar-refractivity contribution in [2.75, 3.05) is 33.4 Å². The van der Waals surface area contributed by atoms with Crippen molar-refractivity contribution in [2.45, 2.75) is 58.5 Å². The van der Waals surface area contributed by atoms with Gasteiger partial charge in [-0.2, -0.15) is 0 Å². The van der Waals surface area contributed by atoms with Crippen molar-refractivity contribution in [2.24, 2.45) is 11.3 Å². The Balaban J connectivity index is 1.93. The van der Waals surface area contributed by atoms with E-state index in [0.29, 0.717) is 11.5 Å². The fraction of sp³-hybridized carbons (Fsp3) is 1.00. The fourth-order valence-corrected chi connectivity index (χ4v) is 3.36. The summed E-state index contributed by atoms with van der Waals surface area (Å²) in [5.74, 6) is 0.934. The minimum Gasteiger partial charge on any atom is -0.383 e. The summed E-state index contributed by atoms with van der Waals surface area (Å²) < 4.78 is 5.30. The van der Waals surface area contributed by atoms with E-state index in [1.807, 2.05) is 7.11 Å². The second-order valence-electron chi connectivity index (χ2n) is 7.16. The van der Waals surface area contributed by atoms with E-state index in [0.717, 1.165) is 25.1 Å². The number of hydrogen-bond acceptors (Lipinski definition) is 3. The van der Waals surface area contributed by atoms with Crippen LogP contribution >= 0.6 is 0 Å². The molecule has 1 aliphatic heterocycles. The lowest BCUT2D eigenvalue weighted by atomic mass is 9.77. The highest BCUT2D eigenvalue weighted by atomic mass is 16.5. The van der Waals surface area contributed by atoms with Gasteiger partial charge in [0.25, 0.3) is 0 Å². The van der Waals surface area contributed by atoms with Gasteiger partial charge in [-0.15, -0.1) is 0 Å². The lowest BCUT2D eigenvalue weighted by molar-refractivity contribution is 0.0736. The van der Waals surface area contributed by atoms with Gasteiger partial charge < -0.3 is 10.1 Å². The molecular weight excluding hydrogens is 236 g/mol. The van der Waals surface area contributed by atoms with E-state index in [9.17, 15) is 0 Å². The molecule has 0 amide bonds. The van der Waals surface area contributed by atoms with Gasteiger partial charge in [0.05, 0.1) is 6.61 Å². The van der Waals surface area contributed by atoms with Crippen molar-refractivity contribution in [1.82, 2.24) is 10.2 Å². The molecule has 2 rings (SSSR count). The van der Waals surface area contributed by atoms with Gasteiger partial charge in [-0.1, -0.05) is 13.8 Å². The molecule has 0 bridgehead atoms. The number of ether oxygens (including phenoxy) is 1. The number of methoxy groups -OCH3 is 1. The van der Waals surface area contributed by atoms with Gasteiger partial charge in [0.15, 0.2) is 0 Å². The van der Waals surface area contributed by atoms with E-state index >= 15 is 0 Å². The maximum absolute atomic E-state index is 5.30.